The Balaban J connectivity index is 1.65. The van der Waals surface area contributed by atoms with E-state index in [1.165, 1.54) is 0 Å². The molecule has 3 aliphatic rings. The number of fused-ring (bicyclic) bond motifs is 3. The van der Waals surface area contributed by atoms with Crippen LogP contribution in [0.2, 0.25) is 0 Å². The zero-order valence-electron chi connectivity index (χ0n) is 19.5. The molecular weight excluding hydrogens is 424 g/mol. The SMILES string of the molecule is COc1ccc(C2=C3C=C(c4ccccc4)C4(C(=O)Oc5ccccc54)C(C)(C)[C@H]3CO2)cc1. The average Bonchev–Trinajstić information content (AvgIpc) is 3.42. The maximum atomic E-state index is 13.9. The summed E-state index contributed by atoms with van der Waals surface area (Å²) in [7, 11) is 1.66. The molecule has 2 aliphatic heterocycles. The first-order valence-electron chi connectivity index (χ1n) is 11.6. The maximum absolute atomic E-state index is 13.9. The molecule has 3 aromatic rings. The minimum atomic E-state index is -0.933. The van der Waals surface area contributed by atoms with Crippen LogP contribution in [0, 0.1) is 11.3 Å². The van der Waals surface area contributed by atoms with Gasteiger partial charge >= 0.3 is 5.97 Å². The third-order valence-corrected chi connectivity index (χ3v) is 7.81. The van der Waals surface area contributed by atoms with Crippen molar-refractivity contribution in [1.82, 2.24) is 0 Å². The molecule has 4 heteroatoms. The van der Waals surface area contributed by atoms with Gasteiger partial charge in [0.1, 0.15) is 22.7 Å². The second-order valence-electron chi connectivity index (χ2n) is 9.66. The molecule has 2 atom stereocenters. The van der Waals surface area contributed by atoms with Gasteiger partial charge in [0.25, 0.3) is 0 Å². The number of rotatable bonds is 3. The molecule has 0 amide bonds. The van der Waals surface area contributed by atoms with E-state index in [9.17, 15) is 4.79 Å². The average molecular weight is 451 g/mol. The second-order valence-corrected chi connectivity index (χ2v) is 9.66. The Morgan fingerprint density at radius 3 is 2.32 bits per heavy atom. The molecule has 0 N–H and O–H groups in total. The Morgan fingerprint density at radius 2 is 1.59 bits per heavy atom. The lowest BCUT2D eigenvalue weighted by molar-refractivity contribution is -0.141. The van der Waals surface area contributed by atoms with E-state index >= 15 is 0 Å². The zero-order chi connectivity index (χ0) is 23.5. The van der Waals surface area contributed by atoms with Gasteiger partial charge in [0.2, 0.25) is 0 Å². The van der Waals surface area contributed by atoms with Gasteiger partial charge in [-0.1, -0.05) is 62.4 Å². The zero-order valence-corrected chi connectivity index (χ0v) is 19.5. The number of carbonyl (C=O) groups is 1. The lowest BCUT2D eigenvalue weighted by atomic mass is 9.49. The fourth-order valence-electron chi connectivity index (χ4n) is 6.06. The minimum absolute atomic E-state index is 0.0239. The second kappa shape index (κ2) is 7.36. The van der Waals surface area contributed by atoms with E-state index in [1.54, 1.807) is 7.11 Å². The van der Waals surface area contributed by atoms with Crippen LogP contribution in [0.3, 0.4) is 0 Å². The largest absolute Gasteiger partial charge is 0.497 e. The third kappa shape index (κ3) is 2.62. The predicted octanol–water partition coefficient (Wildman–Crippen LogP) is 6.03. The summed E-state index contributed by atoms with van der Waals surface area (Å²) in [6.45, 7) is 4.87. The number of hydrogen-bond acceptors (Lipinski definition) is 4. The molecule has 2 heterocycles. The van der Waals surface area contributed by atoms with E-state index in [-0.39, 0.29) is 11.9 Å². The lowest BCUT2D eigenvalue weighted by Crippen LogP contribution is -2.54. The molecule has 4 nitrogen and oxygen atoms in total. The van der Waals surface area contributed by atoms with Crippen molar-refractivity contribution in [1.29, 1.82) is 0 Å². The van der Waals surface area contributed by atoms with Crippen molar-refractivity contribution in [2.45, 2.75) is 19.3 Å². The molecule has 0 aromatic heterocycles. The van der Waals surface area contributed by atoms with Crippen molar-refractivity contribution in [3.8, 4) is 11.5 Å². The number of esters is 1. The molecular formula is C30H26O4. The standard InChI is InChI=1S/C30H26O4/c1-29(2)25-18-33-27(20-13-15-21(32-3)16-14-20)22(25)17-24(19-9-5-4-6-10-19)30(29)23-11-7-8-12-26(23)34-28(30)31/h4-17,25H,18H2,1-3H3/t25-,30?/m0/s1. The van der Waals surface area contributed by atoms with Crippen LogP contribution in [0.1, 0.15) is 30.5 Å². The number of para-hydroxylation sites is 1. The van der Waals surface area contributed by atoms with Gasteiger partial charge in [-0.3, -0.25) is 4.79 Å². The number of carbonyl (C=O) groups excluding carboxylic acids is 1. The van der Waals surface area contributed by atoms with Gasteiger partial charge in [0.05, 0.1) is 13.7 Å². The fraction of sp³-hybridized carbons (Fsp3) is 0.233. The van der Waals surface area contributed by atoms with E-state index < -0.39 is 10.8 Å². The van der Waals surface area contributed by atoms with Crippen molar-refractivity contribution in [2.24, 2.45) is 11.3 Å². The van der Waals surface area contributed by atoms with Gasteiger partial charge in [0.15, 0.2) is 0 Å². The van der Waals surface area contributed by atoms with Crippen LogP contribution in [0.4, 0.5) is 0 Å². The molecule has 1 unspecified atom stereocenters. The molecule has 3 aromatic carbocycles. The molecule has 34 heavy (non-hydrogen) atoms. The summed E-state index contributed by atoms with van der Waals surface area (Å²) in [5.74, 6) is 2.12. The van der Waals surface area contributed by atoms with Gasteiger partial charge in [-0.15, -0.1) is 0 Å². The van der Waals surface area contributed by atoms with E-state index in [4.69, 9.17) is 14.2 Å². The highest BCUT2D eigenvalue weighted by atomic mass is 16.5. The van der Waals surface area contributed by atoms with Crippen LogP contribution in [0.5, 0.6) is 11.5 Å². The molecule has 1 spiro atoms. The number of benzene rings is 3. The third-order valence-electron chi connectivity index (χ3n) is 7.81. The molecule has 0 bridgehead atoms. The highest BCUT2D eigenvalue weighted by Crippen LogP contribution is 2.65. The predicted molar refractivity (Wildman–Crippen MR) is 131 cm³/mol. The van der Waals surface area contributed by atoms with Crippen LogP contribution < -0.4 is 9.47 Å². The van der Waals surface area contributed by atoms with Crippen molar-refractivity contribution in [3.63, 3.8) is 0 Å². The van der Waals surface area contributed by atoms with Gasteiger partial charge in [-0.05, 0) is 53.0 Å². The number of methoxy groups -OCH3 is 1. The van der Waals surface area contributed by atoms with Crippen LogP contribution >= 0.6 is 0 Å². The van der Waals surface area contributed by atoms with Gasteiger partial charge in [-0.2, -0.15) is 0 Å². The number of hydrogen-bond donors (Lipinski definition) is 0. The Hall–Kier alpha value is -3.79. The summed E-state index contributed by atoms with van der Waals surface area (Å²) in [5.41, 5.74) is 3.59. The quantitative estimate of drug-likeness (QED) is 0.361. The number of ether oxygens (including phenoxy) is 3. The summed E-state index contributed by atoms with van der Waals surface area (Å²) in [6.07, 6.45) is 2.18. The van der Waals surface area contributed by atoms with Gasteiger partial charge in [-0.25, -0.2) is 0 Å². The fourth-order valence-corrected chi connectivity index (χ4v) is 6.06. The summed E-state index contributed by atoms with van der Waals surface area (Å²) in [5, 5.41) is 0. The summed E-state index contributed by atoms with van der Waals surface area (Å²) in [4.78, 5) is 13.9. The van der Waals surface area contributed by atoms with Crippen LogP contribution in [-0.4, -0.2) is 19.7 Å². The van der Waals surface area contributed by atoms with Crippen molar-refractivity contribution in [3.05, 3.63) is 107 Å². The summed E-state index contributed by atoms with van der Waals surface area (Å²) in [6, 6.07) is 25.9. The highest BCUT2D eigenvalue weighted by Gasteiger charge is 2.66. The molecule has 0 radical (unpaired) electrons. The summed E-state index contributed by atoms with van der Waals surface area (Å²) < 4.78 is 17.6. The molecule has 1 aliphatic carbocycles. The minimum Gasteiger partial charge on any atom is -0.497 e. The first-order chi connectivity index (χ1) is 16.5. The van der Waals surface area contributed by atoms with E-state index in [1.807, 2.05) is 66.7 Å². The Bertz CT molecular complexity index is 1350. The van der Waals surface area contributed by atoms with Crippen LogP contribution in [-0.2, 0) is 14.9 Å². The highest BCUT2D eigenvalue weighted by molar-refractivity contribution is 6.07. The monoisotopic (exact) mass is 450 g/mol. The maximum Gasteiger partial charge on any atom is 0.327 e. The van der Waals surface area contributed by atoms with E-state index in [2.05, 4.69) is 32.1 Å². The Morgan fingerprint density at radius 1 is 0.882 bits per heavy atom. The number of allylic oxidation sites excluding steroid dienone is 1. The lowest BCUT2D eigenvalue weighted by Gasteiger charge is -2.49. The molecule has 170 valence electrons. The van der Waals surface area contributed by atoms with Crippen molar-refractivity contribution >= 4 is 17.3 Å². The van der Waals surface area contributed by atoms with Gasteiger partial charge in [0, 0.05) is 22.6 Å². The topological polar surface area (TPSA) is 44.8 Å². The smallest absolute Gasteiger partial charge is 0.327 e. The van der Waals surface area contributed by atoms with Crippen molar-refractivity contribution < 1.29 is 19.0 Å². The first-order valence-corrected chi connectivity index (χ1v) is 11.6. The van der Waals surface area contributed by atoms with E-state index in [0.717, 1.165) is 39.3 Å². The van der Waals surface area contributed by atoms with E-state index in [0.29, 0.717) is 12.4 Å². The first kappa shape index (κ1) is 20.8. The normalized spacial score (nSPS) is 24.3. The Kier molecular flexibility index (Phi) is 4.50. The summed E-state index contributed by atoms with van der Waals surface area (Å²) >= 11 is 0. The molecule has 0 fully saturated rings. The Labute approximate surface area is 199 Å². The molecule has 0 saturated carbocycles. The van der Waals surface area contributed by atoms with Gasteiger partial charge < -0.3 is 14.2 Å². The molecule has 0 saturated heterocycles. The van der Waals surface area contributed by atoms with Crippen LogP contribution in [0.25, 0.3) is 11.3 Å². The van der Waals surface area contributed by atoms with Crippen LogP contribution in [0.15, 0.2) is 90.5 Å². The molecule has 6 rings (SSSR count). The van der Waals surface area contributed by atoms with Crippen molar-refractivity contribution in [2.75, 3.05) is 13.7 Å².